The normalized spacial score (nSPS) is 11.1. The van der Waals surface area contributed by atoms with Crippen LogP contribution in [-0.4, -0.2) is 20.4 Å². The maximum absolute atomic E-state index is 12.4. The van der Waals surface area contributed by atoms with Gasteiger partial charge in [-0.05, 0) is 31.9 Å². The molecule has 7 heteroatoms. The molecule has 0 unspecified atom stereocenters. The Bertz CT molecular complexity index is 897. The summed E-state index contributed by atoms with van der Waals surface area (Å²) in [5.41, 5.74) is 1.87. The molecule has 0 spiro atoms. The number of aryl methyl sites for hydroxylation is 1. The Balaban J connectivity index is 1.89. The molecule has 3 rings (SSSR count). The monoisotopic (exact) mass is 388 g/mol. The molecule has 0 aliphatic heterocycles. The number of imidazole rings is 1. The van der Waals surface area contributed by atoms with Gasteiger partial charge in [-0.2, -0.15) is 0 Å². The molecule has 2 aromatic heterocycles. The zero-order valence-electron chi connectivity index (χ0n) is 15.0. The van der Waals surface area contributed by atoms with Crippen LogP contribution >= 0.6 is 22.9 Å². The maximum atomic E-state index is 12.4. The van der Waals surface area contributed by atoms with E-state index >= 15 is 0 Å². The van der Waals surface area contributed by atoms with Crippen molar-refractivity contribution in [2.75, 3.05) is 5.32 Å². The average molecular weight is 389 g/mol. The molecule has 26 heavy (non-hydrogen) atoms. The summed E-state index contributed by atoms with van der Waals surface area (Å²) in [6.45, 7) is 5.95. The van der Waals surface area contributed by atoms with E-state index in [1.54, 1.807) is 6.20 Å². The fourth-order valence-corrected chi connectivity index (χ4v) is 3.80. The Morgan fingerprint density at radius 2 is 1.96 bits per heavy atom. The molecule has 136 valence electrons. The number of hydrogen-bond donors (Lipinski definition) is 1. The zero-order chi connectivity index (χ0) is 18.7. The molecule has 0 saturated carbocycles. The first-order valence-electron chi connectivity index (χ1n) is 8.60. The van der Waals surface area contributed by atoms with Gasteiger partial charge in [0.15, 0.2) is 5.13 Å². The lowest BCUT2D eigenvalue weighted by molar-refractivity contribution is -0.120. The molecule has 0 radical (unpaired) electrons. The highest BCUT2D eigenvalue weighted by Crippen LogP contribution is 2.28. The number of carbonyl (C=O) groups is 1. The van der Waals surface area contributed by atoms with Crippen LogP contribution < -0.4 is 5.32 Å². The Hall–Kier alpha value is -2.18. The summed E-state index contributed by atoms with van der Waals surface area (Å²) in [7, 11) is 0. The van der Waals surface area contributed by atoms with Crippen LogP contribution in [0.2, 0.25) is 5.02 Å². The van der Waals surface area contributed by atoms with Crippen LogP contribution in [0.15, 0.2) is 35.8 Å². The Kier molecular flexibility index (Phi) is 5.74. The van der Waals surface area contributed by atoms with Crippen molar-refractivity contribution in [2.24, 2.45) is 5.92 Å². The van der Waals surface area contributed by atoms with Crippen molar-refractivity contribution in [1.29, 1.82) is 0 Å². The third-order valence-electron chi connectivity index (χ3n) is 4.37. The van der Waals surface area contributed by atoms with E-state index in [1.807, 2.05) is 55.0 Å². The van der Waals surface area contributed by atoms with E-state index in [0.717, 1.165) is 35.1 Å². The number of nitrogens with one attached hydrogen (secondary N) is 1. The van der Waals surface area contributed by atoms with Crippen LogP contribution in [0.1, 0.15) is 32.5 Å². The van der Waals surface area contributed by atoms with Crippen molar-refractivity contribution in [3.8, 4) is 16.4 Å². The standard InChI is InChI=1S/C19H21ClN4OS/c1-4-13(5-2)18(25)23-17-10-21-12(3)24(17)19-22-16(11-26-19)14-6-8-15(20)9-7-14/h6-11,13H,4-5H2,1-3H3,(H,23,25). The molecule has 2 heterocycles. The van der Waals surface area contributed by atoms with Gasteiger partial charge in [0, 0.05) is 21.9 Å². The van der Waals surface area contributed by atoms with Crippen LogP contribution in [0.4, 0.5) is 5.82 Å². The van der Waals surface area contributed by atoms with Crippen molar-refractivity contribution < 1.29 is 4.79 Å². The van der Waals surface area contributed by atoms with Gasteiger partial charge < -0.3 is 5.32 Å². The molecule has 0 atom stereocenters. The number of hydrogen-bond acceptors (Lipinski definition) is 4. The summed E-state index contributed by atoms with van der Waals surface area (Å²) in [6.07, 6.45) is 3.31. The van der Waals surface area contributed by atoms with Gasteiger partial charge in [-0.25, -0.2) is 9.97 Å². The summed E-state index contributed by atoms with van der Waals surface area (Å²) < 4.78 is 1.88. The minimum Gasteiger partial charge on any atom is -0.310 e. The van der Waals surface area contributed by atoms with Crippen LogP contribution in [0.3, 0.4) is 0 Å². The molecule has 0 fully saturated rings. The predicted molar refractivity (Wildman–Crippen MR) is 107 cm³/mol. The summed E-state index contributed by atoms with van der Waals surface area (Å²) in [5.74, 6) is 1.45. The largest absolute Gasteiger partial charge is 0.310 e. The highest BCUT2D eigenvalue weighted by Gasteiger charge is 2.19. The number of carbonyl (C=O) groups excluding carboxylic acids is 1. The molecule has 5 nitrogen and oxygen atoms in total. The third-order valence-corrected chi connectivity index (χ3v) is 5.45. The zero-order valence-corrected chi connectivity index (χ0v) is 16.6. The first-order chi connectivity index (χ1) is 12.5. The van der Waals surface area contributed by atoms with Gasteiger partial charge in [-0.15, -0.1) is 11.3 Å². The van der Waals surface area contributed by atoms with Crippen molar-refractivity contribution in [3.05, 3.63) is 46.7 Å². The number of aromatic nitrogens is 3. The number of amides is 1. The van der Waals surface area contributed by atoms with Crippen LogP contribution in [0, 0.1) is 12.8 Å². The van der Waals surface area contributed by atoms with Gasteiger partial charge in [-0.1, -0.05) is 37.6 Å². The van der Waals surface area contributed by atoms with Crippen molar-refractivity contribution in [3.63, 3.8) is 0 Å². The molecule has 1 aromatic carbocycles. The second kappa shape index (κ2) is 8.01. The fraction of sp³-hybridized carbons (Fsp3) is 0.316. The summed E-state index contributed by atoms with van der Waals surface area (Å²) >= 11 is 7.46. The molecule has 0 saturated heterocycles. The Morgan fingerprint density at radius 1 is 1.27 bits per heavy atom. The highest BCUT2D eigenvalue weighted by atomic mass is 35.5. The van der Waals surface area contributed by atoms with E-state index in [1.165, 1.54) is 11.3 Å². The molecule has 0 bridgehead atoms. The number of anilines is 1. The minimum absolute atomic E-state index is 0.000390. The smallest absolute Gasteiger partial charge is 0.228 e. The second-order valence-electron chi connectivity index (χ2n) is 6.05. The number of nitrogens with zero attached hydrogens (tertiary/aromatic N) is 3. The number of thiazole rings is 1. The van der Waals surface area contributed by atoms with Gasteiger partial charge >= 0.3 is 0 Å². The van der Waals surface area contributed by atoms with Crippen molar-refractivity contribution >= 4 is 34.7 Å². The minimum atomic E-state index is -0.000390. The quantitative estimate of drug-likeness (QED) is 0.620. The molecular weight excluding hydrogens is 368 g/mol. The van der Waals surface area contributed by atoms with Crippen molar-refractivity contribution in [1.82, 2.24) is 14.5 Å². The first kappa shape index (κ1) is 18.6. The van der Waals surface area contributed by atoms with Crippen LogP contribution in [0.5, 0.6) is 0 Å². The van der Waals surface area contributed by atoms with E-state index in [-0.39, 0.29) is 11.8 Å². The van der Waals surface area contributed by atoms with E-state index < -0.39 is 0 Å². The summed E-state index contributed by atoms with van der Waals surface area (Å²) in [4.78, 5) is 21.5. The molecule has 1 amide bonds. The second-order valence-corrected chi connectivity index (χ2v) is 7.32. The maximum Gasteiger partial charge on any atom is 0.228 e. The lowest BCUT2D eigenvalue weighted by Gasteiger charge is -2.13. The number of halogens is 1. The van der Waals surface area contributed by atoms with Crippen LogP contribution in [0.25, 0.3) is 16.4 Å². The van der Waals surface area contributed by atoms with Gasteiger partial charge in [0.2, 0.25) is 5.91 Å². The number of benzene rings is 1. The van der Waals surface area contributed by atoms with Crippen molar-refractivity contribution in [2.45, 2.75) is 33.6 Å². The topological polar surface area (TPSA) is 59.8 Å². The van der Waals surface area contributed by atoms with E-state index in [2.05, 4.69) is 10.3 Å². The SMILES string of the molecule is CCC(CC)C(=O)Nc1cnc(C)n1-c1nc(-c2ccc(Cl)cc2)cs1. The van der Waals surface area contributed by atoms with Gasteiger partial charge in [0.1, 0.15) is 11.6 Å². The summed E-state index contributed by atoms with van der Waals surface area (Å²) in [6, 6.07) is 7.58. The number of rotatable bonds is 6. The van der Waals surface area contributed by atoms with E-state index in [0.29, 0.717) is 10.8 Å². The predicted octanol–water partition coefficient (Wildman–Crippen LogP) is 5.33. The Labute approximate surface area is 162 Å². The van der Waals surface area contributed by atoms with Gasteiger partial charge in [-0.3, -0.25) is 9.36 Å². The first-order valence-corrected chi connectivity index (χ1v) is 9.86. The lowest BCUT2D eigenvalue weighted by Crippen LogP contribution is -2.23. The van der Waals surface area contributed by atoms with Gasteiger partial charge in [0.05, 0.1) is 11.9 Å². The third kappa shape index (κ3) is 3.81. The molecule has 1 N–H and O–H groups in total. The molecule has 3 aromatic rings. The molecule has 0 aliphatic carbocycles. The van der Waals surface area contributed by atoms with E-state index in [4.69, 9.17) is 16.6 Å². The van der Waals surface area contributed by atoms with E-state index in [9.17, 15) is 4.79 Å². The van der Waals surface area contributed by atoms with Crippen LogP contribution in [-0.2, 0) is 4.79 Å². The average Bonchev–Trinajstić information content (AvgIpc) is 3.23. The fourth-order valence-electron chi connectivity index (χ4n) is 2.78. The Morgan fingerprint density at radius 3 is 2.62 bits per heavy atom. The van der Waals surface area contributed by atoms with Gasteiger partial charge in [0.25, 0.3) is 0 Å². The molecular formula is C19H21ClN4OS. The highest BCUT2D eigenvalue weighted by molar-refractivity contribution is 7.12. The lowest BCUT2D eigenvalue weighted by atomic mass is 10.0. The molecule has 0 aliphatic rings. The summed E-state index contributed by atoms with van der Waals surface area (Å²) in [5, 5.41) is 6.45.